The van der Waals surface area contributed by atoms with Crippen molar-refractivity contribution in [2.24, 2.45) is 0 Å². The summed E-state index contributed by atoms with van der Waals surface area (Å²) < 4.78 is 25.0. The van der Waals surface area contributed by atoms with E-state index in [-0.39, 0.29) is 17.7 Å². The molecule has 0 aliphatic carbocycles. The number of carbonyl (C=O) groups excluding carboxylic acids is 1. The fourth-order valence-electron chi connectivity index (χ4n) is 2.24. The van der Waals surface area contributed by atoms with Gasteiger partial charge in [-0.1, -0.05) is 11.6 Å². The molecule has 0 spiro atoms. The Hall–Kier alpha value is -1.18. The Balaban J connectivity index is 1.89. The van der Waals surface area contributed by atoms with Crippen LogP contribution in [0.1, 0.15) is 30.1 Å². The molecule has 1 N–H and O–H groups in total. The van der Waals surface area contributed by atoms with Gasteiger partial charge in [0.25, 0.3) is 5.91 Å². The van der Waals surface area contributed by atoms with Gasteiger partial charge in [-0.3, -0.25) is 4.79 Å². The lowest BCUT2D eigenvalue weighted by Gasteiger charge is -2.31. The van der Waals surface area contributed by atoms with Crippen molar-refractivity contribution >= 4 is 27.5 Å². The smallest absolute Gasteiger partial charge is 0.253 e. The van der Waals surface area contributed by atoms with E-state index in [0.717, 1.165) is 0 Å². The number of hydrogen-bond acceptors (Lipinski definition) is 4. The molecule has 1 saturated heterocycles. The highest BCUT2D eigenvalue weighted by atomic mass is 35.5. The molecule has 2 rings (SSSR count). The number of halogens is 1. The third-order valence-corrected chi connectivity index (χ3v) is 5.64. The van der Waals surface area contributed by atoms with Crippen LogP contribution in [-0.4, -0.2) is 48.5 Å². The maximum absolute atomic E-state index is 12.0. The molecule has 2 heterocycles. The third kappa shape index (κ3) is 4.15. The van der Waals surface area contributed by atoms with Crippen LogP contribution in [0.15, 0.2) is 18.3 Å². The van der Waals surface area contributed by atoms with Crippen LogP contribution in [0.5, 0.6) is 0 Å². The second-order valence-electron chi connectivity index (χ2n) is 4.92. The monoisotopic (exact) mass is 331 g/mol. The molecule has 6 nitrogen and oxygen atoms in total. The van der Waals surface area contributed by atoms with Crippen LogP contribution >= 0.6 is 11.6 Å². The minimum Gasteiger partial charge on any atom is -0.349 e. The number of hydrogen-bond donors (Lipinski definition) is 1. The molecule has 0 aromatic carbocycles. The van der Waals surface area contributed by atoms with E-state index in [1.165, 1.54) is 10.5 Å². The number of sulfonamides is 1. The number of carbonyl (C=O) groups is 1. The fraction of sp³-hybridized carbons (Fsp3) is 0.538. The van der Waals surface area contributed by atoms with Gasteiger partial charge in [-0.25, -0.2) is 17.7 Å². The van der Waals surface area contributed by atoms with Crippen molar-refractivity contribution in [1.82, 2.24) is 14.6 Å². The Morgan fingerprint density at radius 1 is 1.43 bits per heavy atom. The SMILES string of the molecule is CCS(=O)(=O)N1CCC(NC(=O)c2ccc(Cl)nc2)CC1. The number of amides is 1. The molecule has 0 unspecified atom stereocenters. The van der Waals surface area contributed by atoms with Gasteiger partial charge in [-0.05, 0) is 31.9 Å². The Morgan fingerprint density at radius 3 is 2.62 bits per heavy atom. The molecule has 8 heteroatoms. The second kappa shape index (κ2) is 6.72. The quantitative estimate of drug-likeness (QED) is 0.843. The zero-order valence-electron chi connectivity index (χ0n) is 11.8. The van der Waals surface area contributed by atoms with E-state index in [9.17, 15) is 13.2 Å². The van der Waals surface area contributed by atoms with Gasteiger partial charge in [0.05, 0.1) is 11.3 Å². The van der Waals surface area contributed by atoms with Gasteiger partial charge in [-0.15, -0.1) is 0 Å². The molecule has 1 amide bonds. The van der Waals surface area contributed by atoms with Gasteiger partial charge < -0.3 is 5.32 Å². The summed E-state index contributed by atoms with van der Waals surface area (Å²) in [4.78, 5) is 15.9. The highest BCUT2D eigenvalue weighted by molar-refractivity contribution is 7.89. The minimum absolute atomic E-state index is 0.0171. The Labute approximate surface area is 129 Å². The zero-order chi connectivity index (χ0) is 15.5. The molecule has 1 aliphatic heterocycles. The summed E-state index contributed by atoms with van der Waals surface area (Å²) in [6, 6.07) is 3.16. The fourth-order valence-corrected chi connectivity index (χ4v) is 3.48. The molecule has 21 heavy (non-hydrogen) atoms. The average Bonchev–Trinajstić information content (AvgIpc) is 2.48. The van der Waals surface area contributed by atoms with Gasteiger partial charge in [0.2, 0.25) is 10.0 Å². The molecule has 1 fully saturated rings. The summed E-state index contributed by atoms with van der Waals surface area (Å²) in [7, 11) is -3.13. The molecule has 0 atom stereocenters. The molecule has 116 valence electrons. The first-order valence-electron chi connectivity index (χ1n) is 6.82. The average molecular weight is 332 g/mol. The molecular weight excluding hydrogens is 314 g/mol. The van der Waals surface area contributed by atoms with Crippen molar-refractivity contribution in [2.45, 2.75) is 25.8 Å². The van der Waals surface area contributed by atoms with Crippen LogP contribution < -0.4 is 5.32 Å². The van der Waals surface area contributed by atoms with Gasteiger partial charge in [0.15, 0.2) is 0 Å². The maximum atomic E-state index is 12.0. The van der Waals surface area contributed by atoms with Crippen molar-refractivity contribution in [3.8, 4) is 0 Å². The Bertz CT molecular complexity index is 596. The van der Waals surface area contributed by atoms with Crippen molar-refractivity contribution in [3.05, 3.63) is 29.0 Å². The van der Waals surface area contributed by atoms with Crippen molar-refractivity contribution in [1.29, 1.82) is 0 Å². The largest absolute Gasteiger partial charge is 0.349 e. The van der Waals surface area contributed by atoms with E-state index >= 15 is 0 Å². The Kier molecular flexibility index (Phi) is 5.18. The normalized spacial score (nSPS) is 17.6. The zero-order valence-corrected chi connectivity index (χ0v) is 13.3. The molecular formula is C13H18ClN3O3S. The number of piperidine rings is 1. The van der Waals surface area contributed by atoms with E-state index in [4.69, 9.17) is 11.6 Å². The van der Waals surface area contributed by atoms with Gasteiger partial charge in [0, 0.05) is 25.3 Å². The van der Waals surface area contributed by atoms with Crippen LogP contribution in [-0.2, 0) is 10.0 Å². The molecule has 1 aromatic rings. The number of rotatable bonds is 4. The first-order chi connectivity index (χ1) is 9.92. The number of nitrogens with zero attached hydrogens (tertiary/aromatic N) is 2. The molecule has 0 bridgehead atoms. The van der Waals surface area contributed by atoms with Gasteiger partial charge >= 0.3 is 0 Å². The van der Waals surface area contributed by atoms with E-state index in [1.54, 1.807) is 19.1 Å². The van der Waals surface area contributed by atoms with Crippen molar-refractivity contribution < 1.29 is 13.2 Å². The van der Waals surface area contributed by atoms with Crippen LogP contribution in [0.3, 0.4) is 0 Å². The van der Waals surface area contributed by atoms with Gasteiger partial charge in [-0.2, -0.15) is 0 Å². The summed E-state index contributed by atoms with van der Waals surface area (Å²) in [6.07, 6.45) is 2.66. The van der Waals surface area contributed by atoms with E-state index in [1.807, 2.05) is 0 Å². The first kappa shape index (κ1) is 16.2. The third-order valence-electron chi connectivity index (χ3n) is 3.54. The van der Waals surface area contributed by atoms with E-state index < -0.39 is 10.0 Å². The lowest BCUT2D eigenvalue weighted by Crippen LogP contribution is -2.46. The topological polar surface area (TPSA) is 79.4 Å². The molecule has 1 aromatic heterocycles. The molecule has 0 saturated carbocycles. The standard InChI is InChI=1S/C13H18ClN3O3S/c1-2-21(19,20)17-7-5-11(6-8-17)16-13(18)10-3-4-12(14)15-9-10/h3-4,9,11H,2,5-8H2,1H3,(H,16,18). The summed E-state index contributed by atoms with van der Waals surface area (Å²) in [6.45, 7) is 2.52. The lowest BCUT2D eigenvalue weighted by atomic mass is 10.1. The number of nitrogens with one attached hydrogen (secondary N) is 1. The minimum atomic E-state index is -3.13. The Morgan fingerprint density at radius 2 is 2.10 bits per heavy atom. The summed E-state index contributed by atoms with van der Waals surface area (Å²) >= 11 is 5.68. The highest BCUT2D eigenvalue weighted by Gasteiger charge is 2.27. The van der Waals surface area contributed by atoms with Crippen LogP contribution in [0.25, 0.3) is 0 Å². The lowest BCUT2D eigenvalue weighted by molar-refractivity contribution is 0.0923. The number of pyridine rings is 1. The first-order valence-corrected chi connectivity index (χ1v) is 8.81. The highest BCUT2D eigenvalue weighted by Crippen LogP contribution is 2.15. The summed E-state index contributed by atoms with van der Waals surface area (Å²) in [5.41, 5.74) is 0.447. The maximum Gasteiger partial charge on any atom is 0.253 e. The predicted molar refractivity (Wildman–Crippen MR) is 80.8 cm³/mol. The number of aromatic nitrogens is 1. The van der Waals surface area contributed by atoms with Gasteiger partial charge in [0.1, 0.15) is 5.15 Å². The summed E-state index contributed by atoms with van der Waals surface area (Å²) in [5.74, 6) is -0.100. The van der Waals surface area contributed by atoms with E-state index in [0.29, 0.717) is 36.6 Å². The predicted octanol–water partition coefficient (Wildman–Crippen LogP) is 1.28. The van der Waals surface area contributed by atoms with Crippen LogP contribution in [0.2, 0.25) is 5.15 Å². The molecule has 0 radical (unpaired) electrons. The molecule has 1 aliphatic rings. The van der Waals surface area contributed by atoms with Crippen molar-refractivity contribution in [2.75, 3.05) is 18.8 Å². The van der Waals surface area contributed by atoms with E-state index in [2.05, 4.69) is 10.3 Å². The second-order valence-corrected chi connectivity index (χ2v) is 7.56. The summed E-state index contributed by atoms with van der Waals surface area (Å²) in [5, 5.41) is 3.24. The van der Waals surface area contributed by atoms with Crippen LogP contribution in [0.4, 0.5) is 0 Å². The van der Waals surface area contributed by atoms with Crippen LogP contribution in [0, 0.1) is 0 Å². The van der Waals surface area contributed by atoms with Crippen molar-refractivity contribution in [3.63, 3.8) is 0 Å².